The van der Waals surface area contributed by atoms with Crippen LogP contribution in [0.1, 0.15) is 31.2 Å². The van der Waals surface area contributed by atoms with E-state index in [2.05, 4.69) is 4.98 Å². The van der Waals surface area contributed by atoms with Crippen LogP contribution < -0.4 is 0 Å². The van der Waals surface area contributed by atoms with Crippen LogP contribution in [0, 0.1) is 5.41 Å². The van der Waals surface area contributed by atoms with E-state index in [0.29, 0.717) is 32.6 Å². The minimum absolute atomic E-state index is 0.0127. The van der Waals surface area contributed by atoms with Gasteiger partial charge >= 0.3 is 0 Å². The summed E-state index contributed by atoms with van der Waals surface area (Å²) in [4.78, 5) is 18.4. The summed E-state index contributed by atoms with van der Waals surface area (Å²) >= 11 is 0. The van der Waals surface area contributed by atoms with Crippen molar-refractivity contribution in [1.29, 1.82) is 0 Å². The molecule has 28 heavy (non-hydrogen) atoms. The third kappa shape index (κ3) is 3.71. The molecule has 1 aromatic heterocycles. The van der Waals surface area contributed by atoms with Gasteiger partial charge in [-0.2, -0.15) is 4.31 Å². The van der Waals surface area contributed by atoms with Gasteiger partial charge in [-0.1, -0.05) is 30.3 Å². The molecular formula is C20H26N4O3S. The van der Waals surface area contributed by atoms with E-state index in [0.717, 1.165) is 24.8 Å². The molecule has 3 heterocycles. The minimum Gasteiger partial charge on any atom is -0.339 e. The number of imidazole rings is 1. The zero-order chi connectivity index (χ0) is 19.8. The third-order valence-electron chi connectivity index (χ3n) is 6.03. The molecule has 0 saturated carbocycles. The zero-order valence-electron chi connectivity index (χ0n) is 16.1. The van der Waals surface area contributed by atoms with Crippen LogP contribution in [0.25, 0.3) is 0 Å². The highest BCUT2D eigenvalue weighted by molar-refractivity contribution is 7.89. The molecule has 0 unspecified atom stereocenters. The number of sulfonamides is 1. The Bertz CT molecular complexity index is 947. The van der Waals surface area contributed by atoms with Gasteiger partial charge in [0, 0.05) is 45.8 Å². The van der Waals surface area contributed by atoms with Crippen LogP contribution in [0.4, 0.5) is 0 Å². The second kappa shape index (κ2) is 7.33. The Balaban J connectivity index is 1.44. The number of amides is 1. The van der Waals surface area contributed by atoms with Gasteiger partial charge in [0.25, 0.3) is 10.0 Å². The van der Waals surface area contributed by atoms with Gasteiger partial charge in [-0.25, -0.2) is 13.4 Å². The van der Waals surface area contributed by atoms with E-state index in [1.54, 1.807) is 22.1 Å². The lowest BCUT2D eigenvalue weighted by molar-refractivity contribution is -0.139. The Morgan fingerprint density at radius 3 is 2.46 bits per heavy atom. The van der Waals surface area contributed by atoms with E-state index in [4.69, 9.17) is 0 Å². The van der Waals surface area contributed by atoms with Gasteiger partial charge < -0.3 is 9.47 Å². The average molecular weight is 403 g/mol. The third-order valence-corrected chi connectivity index (χ3v) is 7.82. The fourth-order valence-corrected chi connectivity index (χ4v) is 5.72. The molecule has 0 atom stereocenters. The van der Waals surface area contributed by atoms with Crippen LogP contribution in [0.15, 0.2) is 47.9 Å². The fourth-order valence-electron chi connectivity index (χ4n) is 4.31. The first-order chi connectivity index (χ1) is 13.4. The molecule has 2 saturated heterocycles. The summed E-state index contributed by atoms with van der Waals surface area (Å²) in [6.45, 7) is 2.29. The Hall–Kier alpha value is -2.19. The lowest BCUT2D eigenvalue weighted by Crippen LogP contribution is -2.52. The van der Waals surface area contributed by atoms with Crippen LogP contribution in [0.5, 0.6) is 0 Å². The summed E-state index contributed by atoms with van der Waals surface area (Å²) in [5, 5.41) is 0.107. The van der Waals surface area contributed by atoms with Gasteiger partial charge in [0.1, 0.15) is 0 Å². The smallest absolute Gasteiger partial charge is 0.262 e. The SMILES string of the molecule is Cn1cnc(S(=O)(=O)N2CCC3(CCC(=O)N(Cc4ccccc4)C3)CC2)c1. The monoisotopic (exact) mass is 402 g/mol. The predicted molar refractivity (Wildman–Crippen MR) is 105 cm³/mol. The molecule has 7 nitrogen and oxygen atoms in total. The highest BCUT2D eigenvalue weighted by Gasteiger charge is 2.43. The first kappa shape index (κ1) is 19.1. The van der Waals surface area contributed by atoms with Gasteiger partial charge in [0.05, 0.1) is 6.33 Å². The molecule has 1 aromatic carbocycles. The van der Waals surface area contributed by atoms with E-state index in [1.165, 1.54) is 6.33 Å². The number of nitrogens with zero attached hydrogens (tertiary/aromatic N) is 4. The highest BCUT2D eigenvalue weighted by Crippen LogP contribution is 2.41. The van der Waals surface area contributed by atoms with Crippen molar-refractivity contribution >= 4 is 15.9 Å². The molecule has 2 aliphatic heterocycles. The molecule has 8 heteroatoms. The van der Waals surface area contributed by atoms with Crippen molar-refractivity contribution in [2.24, 2.45) is 12.5 Å². The molecule has 2 fully saturated rings. The van der Waals surface area contributed by atoms with Crippen LogP contribution >= 0.6 is 0 Å². The highest BCUT2D eigenvalue weighted by atomic mass is 32.2. The second-order valence-electron chi connectivity index (χ2n) is 8.02. The van der Waals surface area contributed by atoms with Crippen molar-refractivity contribution in [3.8, 4) is 0 Å². The maximum atomic E-state index is 12.8. The molecule has 4 rings (SSSR count). The molecule has 0 N–H and O–H groups in total. The number of aryl methyl sites for hydroxylation is 1. The van der Waals surface area contributed by atoms with Crippen molar-refractivity contribution in [2.45, 2.75) is 37.3 Å². The minimum atomic E-state index is -3.55. The molecule has 2 aliphatic rings. The number of rotatable bonds is 4. The predicted octanol–water partition coefficient (Wildman–Crippen LogP) is 2.01. The number of carbonyl (C=O) groups excluding carboxylic acids is 1. The number of benzene rings is 1. The maximum Gasteiger partial charge on any atom is 0.262 e. The van der Waals surface area contributed by atoms with Gasteiger partial charge in [-0.15, -0.1) is 0 Å². The number of hydrogen-bond donors (Lipinski definition) is 0. The molecule has 2 aromatic rings. The Labute approximate surface area is 166 Å². The summed E-state index contributed by atoms with van der Waals surface area (Å²) in [7, 11) is -1.79. The van der Waals surface area contributed by atoms with Crippen LogP contribution in [0.3, 0.4) is 0 Å². The van der Waals surface area contributed by atoms with Gasteiger partial charge in [0.2, 0.25) is 5.91 Å². The van der Waals surface area contributed by atoms with Crippen LogP contribution in [0.2, 0.25) is 0 Å². The first-order valence-corrected chi connectivity index (χ1v) is 11.1. The maximum absolute atomic E-state index is 12.8. The summed E-state index contributed by atoms with van der Waals surface area (Å²) in [6, 6.07) is 10.0. The Morgan fingerprint density at radius 2 is 1.82 bits per heavy atom. The lowest BCUT2D eigenvalue weighted by atomic mass is 9.72. The largest absolute Gasteiger partial charge is 0.339 e. The van der Waals surface area contributed by atoms with Crippen molar-refractivity contribution in [1.82, 2.24) is 18.8 Å². The van der Waals surface area contributed by atoms with Crippen molar-refractivity contribution in [3.63, 3.8) is 0 Å². The standard InChI is InChI=1S/C20H26N4O3S/c1-22-14-18(21-16-22)28(26,27)24-11-9-20(10-12-24)8-7-19(25)23(15-20)13-17-5-3-2-4-6-17/h2-6,14,16H,7-13,15H2,1H3. The van der Waals surface area contributed by atoms with Crippen LogP contribution in [-0.4, -0.2) is 52.7 Å². The Morgan fingerprint density at radius 1 is 1.11 bits per heavy atom. The quantitative estimate of drug-likeness (QED) is 0.784. The van der Waals surface area contributed by atoms with Gasteiger partial charge in [0.15, 0.2) is 5.03 Å². The van der Waals surface area contributed by atoms with E-state index < -0.39 is 10.0 Å². The van der Waals surface area contributed by atoms with Gasteiger partial charge in [-0.05, 0) is 30.2 Å². The average Bonchev–Trinajstić information content (AvgIpc) is 3.14. The van der Waals surface area contributed by atoms with Crippen molar-refractivity contribution in [3.05, 3.63) is 48.4 Å². The van der Waals surface area contributed by atoms with E-state index in [-0.39, 0.29) is 16.3 Å². The Kier molecular flexibility index (Phi) is 5.01. The number of piperidine rings is 2. The number of carbonyl (C=O) groups is 1. The van der Waals surface area contributed by atoms with Crippen molar-refractivity contribution < 1.29 is 13.2 Å². The number of hydrogen-bond acceptors (Lipinski definition) is 4. The van der Waals surface area contributed by atoms with Gasteiger partial charge in [-0.3, -0.25) is 4.79 Å². The van der Waals surface area contributed by atoms with E-state index >= 15 is 0 Å². The first-order valence-electron chi connectivity index (χ1n) is 9.68. The molecular weight excluding hydrogens is 376 g/mol. The van der Waals surface area contributed by atoms with Crippen LogP contribution in [-0.2, 0) is 28.4 Å². The van der Waals surface area contributed by atoms with E-state index in [9.17, 15) is 13.2 Å². The molecule has 1 spiro atoms. The molecule has 1 amide bonds. The van der Waals surface area contributed by atoms with E-state index in [1.807, 2.05) is 35.2 Å². The topological polar surface area (TPSA) is 75.5 Å². The normalized spacial score (nSPS) is 20.6. The number of likely N-dealkylation sites (tertiary alicyclic amines) is 1. The number of aromatic nitrogens is 2. The summed E-state index contributed by atoms with van der Waals surface area (Å²) in [5.74, 6) is 0.193. The van der Waals surface area contributed by atoms with Crippen molar-refractivity contribution in [2.75, 3.05) is 19.6 Å². The zero-order valence-corrected chi connectivity index (χ0v) is 16.9. The molecule has 0 radical (unpaired) electrons. The molecule has 0 aliphatic carbocycles. The fraction of sp³-hybridized carbons (Fsp3) is 0.500. The lowest BCUT2D eigenvalue weighted by Gasteiger charge is -2.47. The summed E-state index contributed by atoms with van der Waals surface area (Å²) in [5.41, 5.74) is 1.14. The molecule has 0 bridgehead atoms. The second-order valence-corrected chi connectivity index (χ2v) is 9.90. The summed E-state index contributed by atoms with van der Waals surface area (Å²) in [6.07, 6.45) is 5.98. The molecule has 150 valence electrons. The summed E-state index contributed by atoms with van der Waals surface area (Å²) < 4.78 is 28.8.